The first kappa shape index (κ1) is 16.1. The second-order valence-corrected chi connectivity index (χ2v) is 7.00. The lowest BCUT2D eigenvalue weighted by Gasteiger charge is -2.10. The van der Waals surface area contributed by atoms with E-state index in [1.807, 2.05) is 60.8 Å². The Morgan fingerprint density at radius 3 is 2.13 bits per heavy atom. The molecule has 4 heteroatoms. The van der Waals surface area contributed by atoms with Crippen LogP contribution in [0, 0.1) is 0 Å². The average molecular weight is 386 g/mol. The highest BCUT2D eigenvalue weighted by molar-refractivity contribution is 9.10. The molecule has 1 heterocycles. The van der Waals surface area contributed by atoms with Gasteiger partial charge >= 0.3 is 0 Å². The number of hydrogen-bond acceptors (Lipinski definition) is 2. The highest BCUT2D eigenvalue weighted by Crippen LogP contribution is 2.27. The molecule has 0 N–H and O–H groups in total. The number of pyridine rings is 1. The van der Waals surface area contributed by atoms with Crippen LogP contribution in [0.1, 0.15) is 11.1 Å². The Hall–Kier alpha value is -1.78. The molecule has 3 rings (SSSR count). The molecule has 2 nitrogen and oxygen atoms in total. The predicted molar refractivity (Wildman–Crippen MR) is 99.9 cm³/mol. The molecule has 0 radical (unpaired) electrons. The lowest BCUT2D eigenvalue weighted by atomic mass is 10.2. The van der Waals surface area contributed by atoms with Crippen LogP contribution in [-0.4, -0.2) is 4.57 Å². The lowest BCUT2D eigenvalue weighted by Crippen LogP contribution is -2.21. The van der Waals surface area contributed by atoms with Gasteiger partial charge in [0.25, 0.3) is 5.56 Å². The van der Waals surface area contributed by atoms with Crippen molar-refractivity contribution >= 4 is 27.7 Å². The fraction of sp³-hybridized carbons (Fsp3) is 0.105. The zero-order chi connectivity index (χ0) is 16.1. The van der Waals surface area contributed by atoms with Gasteiger partial charge in [0.15, 0.2) is 0 Å². The third-order valence-electron chi connectivity index (χ3n) is 3.50. The van der Waals surface area contributed by atoms with Crippen molar-refractivity contribution in [3.05, 3.63) is 98.9 Å². The summed E-state index contributed by atoms with van der Waals surface area (Å²) < 4.78 is 2.36. The van der Waals surface area contributed by atoms with Gasteiger partial charge in [0.2, 0.25) is 0 Å². The molecular formula is C19H16BrNOS. The fourth-order valence-electron chi connectivity index (χ4n) is 2.28. The molecule has 3 aromatic rings. The Morgan fingerprint density at radius 1 is 0.870 bits per heavy atom. The van der Waals surface area contributed by atoms with Crippen molar-refractivity contribution in [1.82, 2.24) is 4.57 Å². The zero-order valence-electron chi connectivity index (χ0n) is 12.5. The summed E-state index contributed by atoms with van der Waals surface area (Å²) in [5.74, 6) is 0.849. The smallest absolute Gasteiger partial charge is 0.266 e. The molecule has 0 aliphatic heterocycles. The molecule has 0 atom stereocenters. The van der Waals surface area contributed by atoms with Gasteiger partial charge in [-0.05, 0) is 33.1 Å². The van der Waals surface area contributed by atoms with Crippen molar-refractivity contribution in [2.24, 2.45) is 0 Å². The van der Waals surface area contributed by atoms with Crippen LogP contribution in [0.15, 0.2) is 87.1 Å². The number of benzene rings is 2. The van der Waals surface area contributed by atoms with Crippen LogP contribution >= 0.6 is 27.7 Å². The fourth-order valence-corrected chi connectivity index (χ4v) is 3.87. The molecule has 0 saturated heterocycles. The molecular weight excluding hydrogens is 370 g/mol. The van der Waals surface area contributed by atoms with Crippen LogP contribution in [0.25, 0.3) is 0 Å². The third-order valence-corrected chi connectivity index (χ3v) is 5.66. The summed E-state index contributed by atoms with van der Waals surface area (Å²) in [6.07, 6.45) is 1.87. The van der Waals surface area contributed by atoms with Crippen molar-refractivity contribution < 1.29 is 0 Å². The van der Waals surface area contributed by atoms with E-state index < -0.39 is 0 Å². The summed E-state index contributed by atoms with van der Waals surface area (Å²) in [4.78, 5) is 13.5. The van der Waals surface area contributed by atoms with Crippen LogP contribution in [0.5, 0.6) is 0 Å². The van der Waals surface area contributed by atoms with Gasteiger partial charge in [-0.3, -0.25) is 4.79 Å². The van der Waals surface area contributed by atoms with Gasteiger partial charge < -0.3 is 4.57 Å². The standard InChI is InChI=1S/C19H16BrNOS/c20-18-17(23-14-16-9-5-2-6-10-16)11-12-21(19(18)22)13-15-7-3-1-4-8-15/h1-12H,13-14H2. The van der Waals surface area contributed by atoms with E-state index >= 15 is 0 Å². The minimum Gasteiger partial charge on any atom is -0.310 e. The Bertz CT molecular complexity index is 831. The Labute approximate surface area is 148 Å². The number of halogens is 1. The van der Waals surface area contributed by atoms with E-state index in [1.54, 1.807) is 16.3 Å². The van der Waals surface area contributed by atoms with Crippen LogP contribution in [-0.2, 0) is 12.3 Å². The van der Waals surface area contributed by atoms with E-state index in [1.165, 1.54) is 5.56 Å². The molecule has 0 saturated carbocycles. The molecule has 1 aromatic heterocycles. The van der Waals surface area contributed by atoms with Crippen molar-refractivity contribution in [1.29, 1.82) is 0 Å². The maximum atomic E-state index is 12.5. The maximum absolute atomic E-state index is 12.5. The van der Waals surface area contributed by atoms with Crippen molar-refractivity contribution in [2.75, 3.05) is 0 Å². The summed E-state index contributed by atoms with van der Waals surface area (Å²) in [6.45, 7) is 0.585. The predicted octanol–water partition coefficient (Wildman–Crippen LogP) is 4.95. The van der Waals surface area contributed by atoms with Gasteiger partial charge in [0, 0.05) is 16.8 Å². The van der Waals surface area contributed by atoms with Crippen LogP contribution in [0.3, 0.4) is 0 Å². The minimum absolute atomic E-state index is 0.00640. The summed E-state index contributed by atoms with van der Waals surface area (Å²) in [7, 11) is 0. The summed E-state index contributed by atoms with van der Waals surface area (Å²) >= 11 is 5.13. The van der Waals surface area contributed by atoms with Crippen molar-refractivity contribution in [3.63, 3.8) is 0 Å². The largest absolute Gasteiger partial charge is 0.310 e. The summed E-state index contributed by atoms with van der Waals surface area (Å²) in [5, 5.41) is 0. The second-order valence-electron chi connectivity index (χ2n) is 5.19. The van der Waals surface area contributed by atoms with Crippen molar-refractivity contribution in [3.8, 4) is 0 Å². The Kier molecular flexibility index (Phi) is 5.36. The van der Waals surface area contributed by atoms with Gasteiger partial charge in [0.1, 0.15) is 0 Å². The van der Waals surface area contributed by atoms with Gasteiger partial charge in [0.05, 0.1) is 11.0 Å². The number of aromatic nitrogens is 1. The molecule has 0 amide bonds. The zero-order valence-corrected chi connectivity index (χ0v) is 14.9. The second kappa shape index (κ2) is 7.66. The quantitative estimate of drug-likeness (QED) is 0.579. The molecule has 116 valence electrons. The number of thioether (sulfide) groups is 1. The topological polar surface area (TPSA) is 22.0 Å². The molecule has 23 heavy (non-hydrogen) atoms. The average Bonchev–Trinajstić information content (AvgIpc) is 2.60. The molecule has 0 aliphatic rings. The third kappa shape index (κ3) is 4.15. The molecule has 0 fully saturated rings. The monoisotopic (exact) mass is 385 g/mol. The van der Waals surface area contributed by atoms with E-state index in [-0.39, 0.29) is 5.56 Å². The Balaban J connectivity index is 1.76. The first-order chi connectivity index (χ1) is 11.2. The molecule has 0 bridgehead atoms. The van der Waals surface area contributed by atoms with Crippen molar-refractivity contribution in [2.45, 2.75) is 17.2 Å². The first-order valence-corrected chi connectivity index (χ1v) is 9.11. The maximum Gasteiger partial charge on any atom is 0.266 e. The van der Waals surface area contributed by atoms with E-state index in [2.05, 4.69) is 28.1 Å². The van der Waals surface area contributed by atoms with E-state index in [0.717, 1.165) is 16.2 Å². The van der Waals surface area contributed by atoms with Crippen LogP contribution in [0.4, 0.5) is 0 Å². The number of nitrogens with zero attached hydrogens (tertiary/aromatic N) is 1. The van der Waals surface area contributed by atoms with Gasteiger partial charge in [-0.25, -0.2) is 0 Å². The molecule has 0 spiro atoms. The molecule has 2 aromatic carbocycles. The van der Waals surface area contributed by atoms with E-state index in [9.17, 15) is 4.79 Å². The van der Waals surface area contributed by atoms with Gasteiger partial charge in [-0.1, -0.05) is 60.7 Å². The van der Waals surface area contributed by atoms with Crippen LogP contribution < -0.4 is 5.56 Å². The van der Waals surface area contributed by atoms with Gasteiger partial charge in [-0.15, -0.1) is 11.8 Å². The Morgan fingerprint density at radius 2 is 1.48 bits per heavy atom. The molecule has 0 aliphatic carbocycles. The number of rotatable bonds is 5. The summed E-state index contributed by atoms with van der Waals surface area (Å²) in [5.41, 5.74) is 2.37. The molecule has 0 unspecified atom stereocenters. The van der Waals surface area contributed by atoms with E-state index in [4.69, 9.17) is 0 Å². The highest BCUT2D eigenvalue weighted by Gasteiger charge is 2.08. The highest BCUT2D eigenvalue weighted by atomic mass is 79.9. The minimum atomic E-state index is 0.00640. The van der Waals surface area contributed by atoms with E-state index in [0.29, 0.717) is 11.0 Å². The SMILES string of the molecule is O=c1c(Br)c(SCc2ccccc2)ccn1Cc1ccccc1. The first-order valence-electron chi connectivity index (χ1n) is 7.33. The van der Waals surface area contributed by atoms with Crippen LogP contribution in [0.2, 0.25) is 0 Å². The van der Waals surface area contributed by atoms with Gasteiger partial charge in [-0.2, -0.15) is 0 Å². The summed E-state index contributed by atoms with van der Waals surface area (Å²) in [6, 6.07) is 22.3. The normalized spacial score (nSPS) is 10.7. The number of hydrogen-bond donors (Lipinski definition) is 0. The lowest BCUT2D eigenvalue weighted by molar-refractivity contribution is 0.747.